The Balaban J connectivity index is 2.17. The number of methoxy groups -OCH3 is 1. The van der Waals surface area contributed by atoms with E-state index >= 15 is 0 Å². The van der Waals surface area contributed by atoms with Gasteiger partial charge in [0.25, 0.3) is 5.95 Å². The molecule has 0 fully saturated rings. The second-order valence-corrected chi connectivity index (χ2v) is 5.41. The van der Waals surface area contributed by atoms with Crippen molar-refractivity contribution >= 4 is 21.9 Å². The smallest absolute Gasteiger partial charge is 0.260 e. The van der Waals surface area contributed by atoms with E-state index in [1.807, 2.05) is 26.0 Å². The van der Waals surface area contributed by atoms with Crippen LogP contribution in [0.1, 0.15) is 19.4 Å². The zero-order valence-electron chi connectivity index (χ0n) is 12.0. The molecule has 114 valence electrons. The van der Waals surface area contributed by atoms with E-state index in [1.54, 1.807) is 7.11 Å². The number of tetrazole rings is 1. The van der Waals surface area contributed by atoms with E-state index in [-0.39, 0.29) is 12.1 Å². The summed E-state index contributed by atoms with van der Waals surface area (Å²) in [5.41, 5.74) is 9.53. The summed E-state index contributed by atoms with van der Waals surface area (Å²) in [6.07, 6.45) is 0.0557. The Labute approximate surface area is 130 Å². The van der Waals surface area contributed by atoms with Crippen molar-refractivity contribution in [3.8, 4) is 11.5 Å². The number of halogens is 1. The highest BCUT2D eigenvalue weighted by Gasteiger charge is 2.13. The molecule has 0 unspecified atom stereocenters. The molecular weight excluding hydrogens is 340 g/mol. The number of rotatable bonds is 6. The van der Waals surface area contributed by atoms with Crippen LogP contribution in [0.25, 0.3) is 0 Å². The highest BCUT2D eigenvalue weighted by Crippen LogP contribution is 2.37. The SMILES string of the molecule is COc1cc(CNn2nnnc2N)cc(Br)c1OC(C)C. The van der Waals surface area contributed by atoms with Gasteiger partial charge in [0, 0.05) is 0 Å². The van der Waals surface area contributed by atoms with Crippen molar-refractivity contribution < 1.29 is 9.47 Å². The number of nitrogen functional groups attached to an aromatic ring is 1. The second-order valence-electron chi connectivity index (χ2n) is 4.56. The van der Waals surface area contributed by atoms with E-state index in [9.17, 15) is 0 Å². The van der Waals surface area contributed by atoms with Crippen LogP contribution in [-0.2, 0) is 6.54 Å². The normalized spacial score (nSPS) is 10.7. The van der Waals surface area contributed by atoms with Crippen LogP contribution in [0.5, 0.6) is 11.5 Å². The number of nitrogens with two attached hydrogens (primary N) is 1. The molecule has 2 rings (SSSR count). The first-order valence-corrected chi connectivity index (χ1v) is 7.11. The van der Waals surface area contributed by atoms with Crippen LogP contribution in [0, 0.1) is 0 Å². The summed E-state index contributed by atoms with van der Waals surface area (Å²) in [4.78, 5) is 1.30. The summed E-state index contributed by atoms with van der Waals surface area (Å²) < 4.78 is 11.9. The Morgan fingerprint density at radius 2 is 2.19 bits per heavy atom. The van der Waals surface area contributed by atoms with Crippen LogP contribution in [0.3, 0.4) is 0 Å². The van der Waals surface area contributed by atoms with Crippen LogP contribution in [0.4, 0.5) is 5.95 Å². The summed E-state index contributed by atoms with van der Waals surface area (Å²) in [5.74, 6) is 1.53. The molecule has 0 radical (unpaired) electrons. The summed E-state index contributed by atoms with van der Waals surface area (Å²) in [5, 5.41) is 10.7. The van der Waals surface area contributed by atoms with Gasteiger partial charge in [-0.15, -0.1) is 4.79 Å². The molecule has 8 nitrogen and oxygen atoms in total. The van der Waals surface area contributed by atoms with Crippen LogP contribution in [0.2, 0.25) is 0 Å². The van der Waals surface area contributed by atoms with E-state index in [1.165, 1.54) is 4.79 Å². The molecule has 0 saturated carbocycles. The Hall–Kier alpha value is -2.03. The monoisotopic (exact) mass is 356 g/mol. The number of anilines is 1. The largest absolute Gasteiger partial charge is 0.493 e. The summed E-state index contributed by atoms with van der Waals surface area (Å²) in [7, 11) is 1.60. The maximum atomic E-state index is 5.74. The lowest BCUT2D eigenvalue weighted by Crippen LogP contribution is -2.18. The molecule has 0 amide bonds. The molecule has 3 N–H and O–H groups in total. The number of hydrogen-bond donors (Lipinski definition) is 2. The Morgan fingerprint density at radius 1 is 1.43 bits per heavy atom. The van der Waals surface area contributed by atoms with E-state index in [0.29, 0.717) is 18.0 Å². The highest BCUT2D eigenvalue weighted by atomic mass is 79.9. The second kappa shape index (κ2) is 6.61. The van der Waals surface area contributed by atoms with Crippen LogP contribution < -0.4 is 20.6 Å². The maximum Gasteiger partial charge on any atom is 0.260 e. The van der Waals surface area contributed by atoms with Gasteiger partial charge in [0.2, 0.25) is 0 Å². The van der Waals surface area contributed by atoms with Gasteiger partial charge >= 0.3 is 0 Å². The molecule has 0 aliphatic carbocycles. The zero-order chi connectivity index (χ0) is 15.4. The molecule has 1 heterocycles. The van der Waals surface area contributed by atoms with E-state index < -0.39 is 0 Å². The van der Waals surface area contributed by atoms with Gasteiger partial charge in [-0.3, -0.25) is 0 Å². The lowest BCUT2D eigenvalue weighted by molar-refractivity contribution is 0.228. The first kappa shape index (κ1) is 15.4. The predicted octanol–water partition coefficient (Wildman–Crippen LogP) is 1.56. The minimum absolute atomic E-state index is 0.0557. The average molecular weight is 357 g/mol. The fourth-order valence-corrected chi connectivity index (χ4v) is 2.28. The van der Waals surface area contributed by atoms with Gasteiger partial charge in [0.15, 0.2) is 11.5 Å². The third-order valence-corrected chi connectivity index (χ3v) is 3.16. The van der Waals surface area contributed by atoms with Crippen molar-refractivity contribution in [2.75, 3.05) is 18.3 Å². The molecule has 0 aliphatic rings. The maximum absolute atomic E-state index is 5.74. The number of nitrogens with zero attached hydrogens (tertiary/aromatic N) is 4. The van der Waals surface area contributed by atoms with Gasteiger partial charge in [-0.1, -0.05) is 5.10 Å². The van der Waals surface area contributed by atoms with Gasteiger partial charge in [0.05, 0.1) is 24.2 Å². The molecule has 0 aliphatic heterocycles. The minimum Gasteiger partial charge on any atom is -0.493 e. The number of hydrogen-bond acceptors (Lipinski definition) is 7. The molecule has 21 heavy (non-hydrogen) atoms. The number of benzene rings is 1. The van der Waals surface area contributed by atoms with Gasteiger partial charge in [-0.25, -0.2) is 0 Å². The van der Waals surface area contributed by atoms with E-state index in [2.05, 4.69) is 36.9 Å². The minimum atomic E-state index is 0.0557. The highest BCUT2D eigenvalue weighted by molar-refractivity contribution is 9.10. The van der Waals surface area contributed by atoms with Gasteiger partial charge in [0.1, 0.15) is 0 Å². The van der Waals surface area contributed by atoms with Crippen LogP contribution >= 0.6 is 15.9 Å². The lowest BCUT2D eigenvalue weighted by Gasteiger charge is -2.16. The third kappa shape index (κ3) is 3.75. The molecule has 0 atom stereocenters. The Bertz CT molecular complexity index is 616. The quantitative estimate of drug-likeness (QED) is 0.809. The van der Waals surface area contributed by atoms with Crippen molar-refractivity contribution in [1.82, 2.24) is 20.3 Å². The molecule has 2 aromatic rings. The third-order valence-electron chi connectivity index (χ3n) is 2.57. The Morgan fingerprint density at radius 3 is 2.76 bits per heavy atom. The van der Waals surface area contributed by atoms with Gasteiger partial charge in [-0.2, -0.15) is 0 Å². The number of ether oxygens (including phenoxy) is 2. The summed E-state index contributed by atoms with van der Waals surface area (Å²) in [6.45, 7) is 4.40. The molecule has 0 saturated heterocycles. The van der Waals surface area contributed by atoms with Crippen LogP contribution in [-0.4, -0.2) is 33.5 Å². The van der Waals surface area contributed by atoms with Gasteiger partial charge in [-0.05, 0) is 57.9 Å². The first-order chi connectivity index (χ1) is 10.0. The van der Waals surface area contributed by atoms with Crippen molar-refractivity contribution in [1.29, 1.82) is 0 Å². The van der Waals surface area contributed by atoms with Crippen molar-refractivity contribution in [2.24, 2.45) is 0 Å². The van der Waals surface area contributed by atoms with Gasteiger partial charge < -0.3 is 20.6 Å². The molecular formula is C12H17BrN6O2. The first-order valence-electron chi connectivity index (χ1n) is 6.32. The number of nitrogens with one attached hydrogen (secondary N) is 1. The van der Waals surface area contributed by atoms with Crippen molar-refractivity contribution in [3.63, 3.8) is 0 Å². The fourth-order valence-electron chi connectivity index (χ4n) is 1.70. The molecule has 0 spiro atoms. The van der Waals surface area contributed by atoms with E-state index in [0.717, 1.165) is 10.0 Å². The molecule has 1 aromatic carbocycles. The predicted molar refractivity (Wildman–Crippen MR) is 81.8 cm³/mol. The Kier molecular flexibility index (Phi) is 4.84. The van der Waals surface area contributed by atoms with Crippen molar-refractivity contribution in [3.05, 3.63) is 22.2 Å². The molecule has 9 heteroatoms. The summed E-state index contributed by atoms with van der Waals surface area (Å²) >= 11 is 3.50. The zero-order valence-corrected chi connectivity index (χ0v) is 13.6. The lowest BCUT2D eigenvalue weighted by atomic mass is 10.2. The standard InChI is InChI=1S/C12H17BrN6O2/c1-7(2)21-11-9(13)4-8(5-10(11)20-3)6-15-19-12(14)16-17-18-19/h4-5,7,15H,6H2,1-3H3,(H2,14,16,18). The topological polar surface area (TPSA) is 100 Å². The summed E-state index contributed by atoms with van der Waals surface area (Å²) in [6, 6.07) is 3.82. The molecule has 0 bridgehead atoms. The van der Waals surface area contributed by atoms with Crippen molar-refractivity contribution in [2.45, 2.75) is 26.5 Å². The van der Waals surface area contributed by atoms with Crippen LogP contribution in [0.15, 0.2) is 16.6 Å². The average Bonchev–Trinajstić information content (AvgIpc) is 2.84. The molecule has 1 aromatic heterocycles. The number of aromatic nitrogens is 4. The fraction of sp³-hybridized carbons (Fsp3) is 0.417. The van der Waals surface area contributed by atoms with E-state index in [4.69, 9.17) is 15.2 Å².